The van der Waals surface area contributed by atoms with Gasteiger partial charge >= 0.3 is 21.1 Å². The van der Waals surface area contributed by atoms with Crippen LogP contribution in [0.4, 0.5) is 0 Å². The fourth-order valence-corrected chi connectivity index (χ4v) is 7.31. The second kappa shape index (κ2) is 13.9. The van der Waals surface area contributed by atoms with Gasteiger partial charge in [-0.15, -0.1) is 47.0 Å². The number of benzene rings is 5. The second-order valence-electron chi connectivity index (χ2n) is 16.3. The summed E-state index contributed by atoms with van der Waals surface area (Å²) in [6.45, 7) is 17.8. The molecule has 2 atom stereocenters. The van der Waals surface area contributed by atoms with E-state index < -0.39 is 0 Å². The molecule has 5 aromatic carbocycles. The summed E-state index contributed by atoms with van der Waals surface area (Å²) < 4.78 is 9.17. The largest absolute Gasteiger partial charge is 2.00 e. The summed E-state index contributed by atoms with van der Waals surface area (Å²) in [5, 5.41) is 2.35. The third-order valence-electron chi connectivity index (χ3n) is 10.3. The molecule has 0 bridgehead atoms. The molecule has 4 nitrogen and oxygen atoms in total. The third-order valence-corrected chi connectivity index (χ3v) is 10.3. The van der Waals surface area contributed by atoms with Gasteiger partial charge in [-0.2, -0.15) is 0 Å². The molecule has 2 aromatic heterocycles. The van der Waals surface area contributed by atoms with Crippen molar-refractivity contribution in [2.24, 2.45) is 4.99 Å². The fraction of sp³-hybridized carbons (Fsp3) is 0.250. The zero-order chi connectivity index (χ0) is 36.4. The normalized spacial score (nSPS) is 16.0. The number of aromatic nitrogens is 2. The van der Waals surface area contributed by atoms with E-state index in [-0.39, 0.29) is 44.0 Å². The van der Waals surface area contributed by atoms with Crippen molar-refractivity contribution in [2.45, 2.75) is 78.4 Å². The van der Waals surface area contributed by atoms with Crippen molar-refractivity contribution in [3.63, 3.8) is 0 Å². The summed E-state index contributed by atoms with van der Waals surface area (Å²) in [6.07, 6.45) is 1.67. The minimum atomic E-state index is -0.250. The van der Waals surface area contributed by atoms with Crippen LogP contribution >= 0.6 is 0 Å². The van der Waals surface area contributed by atoms with E-state index in [1.807, 2.05) is 18.3 Å². The maximum absolute atomic E-state index is 6.86. The number of nitrogens with zero attached hydrogens (tertiary/aromatic N) is 3. The van der Waals surface area contributed by atoms with Gasteiger partial charge in [0, 0.05) is 11.7 Å². The Labute approximate surface area is 328 Å². The summed E-state index contributed by atoms with van der Waals surface area (Å²) >= 11 is 0. The van der Waals surface area contributed by atoms with Gasteiger partial charge in [-0.25, -0.2) is 0 Å². The van der Waals surface area contributed by atoms with Gasteiger partial charge < -0.3 is 14.3 Å². The van der Waals surface area contributed by atoms with Crippen molar-refractivity contribution < 1.29 is 25.8 Å². The van der Waals surface area contributed by atoms with Crippen LogP contribution < -0.4 is 0 Å². The zero-order valence-electron chi connectivity index (χ0n) is 31.7. The molecule has 0 saturated carbocycles. The summed E-state index contributed by atoms with van der Waals surface area (Å²) in [5.74, 6) is 0.607. The molecule has 268 valence electrons. The number of fused-ring (bicyclic) bond motifs is 3. The minimum absolute atomic E-state index is 0. The van der Waals surface area contributed by atoms with Crippen molar-refractivity contribution >= 4 is 27.7 Å². The standard InChI is InChI=1S/C48H45N3O.Pt/c1-30-19-20-42-39(23-30)40-24-31(2)38(41-28-35(21-22-49-41)47(3,4)5)29-43(40)51(42)37-26-34(25-36(27-37)48(6,7)8)46-50-44(32-15-11-9-12-16-32)45(52-46)33-17-13-10-14-18-33;/h9-25,27-28,44-45H,1-8H3;/q-2;+2/t44-,45-;/m1./s1. The number of aliphatic imine (C=N–C) groups is 1. The topological polar surface area (TPSA) is 39.4 Å². The van der Waals surface area contributed by atoms with Gasteiger partial charge in [0.25, 0.3) is 0 Å². The van der Waals surface area contributed by atoms with E-state index in [2.05, 4.69) is 169 Å². The molecule has 1 aliphatic heterocycles. The van der Waals surface area contributed by atoms with E-state index >= 15 is 0 Å². The first-order valence-corrected chi connectivity index (χ1v) is 18.2. The van der Waals surface area contributed by atoms with Crippen LogP contribution in [0, 0.1) is 26.0 Å². The Morgan fingerprint density at radius 1 is 0.679 bits per heavy atom. The van der Waals surface area contributed by atoms with Crippen molar-refractivity contribution in [3.05, 3.63) is 166 Å². The number of hydrogen-bond acceptors (Lipinski definition) is 3. The van der Waals surface area contributed by atoms with Crippen molar-refractivity contribution in [3.8, 4) is 16.9 Å². The maximum atomic E-state index is 6.86. The van der Waals surface area contributed by atoms with E-state index in [0.29, 0.717) is 5.90 Å². The molecule has 3 heterocycles. The van der Waals surface area contributed by atoms with Crippen molar-refractivity contribution in [1.29, 1.82) is 0 Å². The first kappa shape index (κ1) is 36.6. The Kier molecular flexibility index (Phi) is 9.58. The van der Waals surface area contributed by atoms with Crippen LogP contribution in [0.3, 0.4) is 0 Å². The molecule has 0 fully saturated rings. The first-order valence-electron chi connectivity index (χ1n) is 18.2. The van der Waals surface area contributed by atoms with Gasteiger partial charge in [0.05, 0.1) is 0 Å². The van der Waals surface area contributed by atoms with Crippen LogP contribution in [0.25, 0.3) is 38.8 Å². The first-order chi connectivity index (χ1) is 24.8. The van der Waals surface area contributed by atoms with E-state index in [1.54, 1.807) is 0 Å². The quantitative estimate of drug-likeness (QED) is 0.162. The number of ether oxygens (including phenoxy) is 1. The van der Waals surface area contributed by atoms with Gasteiger partial charge in [-0.1, -0.05) is 144 Å². The Balaban J connectivity index is 0.00000435. The molecule has 0 aliphatic carbocycles. The summed E-state index contributed by atoms with van der Waals surface area (Å²) in [6, 6.07) is 46.2. The van der Waals surface area contributed by atoms with Crippen LogP contribution in [0.1, 0.15) is 92.6 Å². The van der Waals surface area contributed by atoms with Crippen LogP contribution in [-0.2, 0) is 36.6 Å². The maximum Gasteiger partial charge on any atom is 2.00 e. The molecule has 7 aromatic rings. The van der Waals surface area contributed by atoms with E-state index in [0.717, 1.165) is 55.6 Å². The molecule has 0 radical (unpaired) electrons. The molecule has 0 N–H and O–H groups in total. The number of rotatable bonds is 5. The molecule has 0 spiro atoms. The Bertz CT molecular complexity index is 2480. The van der Waals surface area contributed by atoms with E-state index in [4.69, 9.17) is 14.7 Å². The Morgan fingerprint density at radius 2 is 1.36 bits per heavy atom. The Morgan fingerprint density at radius 3 is 2.04 bits per heavy atom. The van der Waals surface area contributed by atoms with Gasteiger partial charge in [0.15, 0.2) is 0 Å². The number of hydrogen-bond donors (Lipinski definition) is 0. The van der Waals surface area contributed by atoms with Gasteiger partial charge in [0.1, 0.15) is 18.0 Å². The molecule has 5 heteroatoms. The summed E-state index contributed by atoms with van der Waals surface area (Å²) in [7, 11) is 0. The molecular weight excluding hydrogens is 830 g/mol. The second-order valence-corrected chi connectivity index (χ2v) is 16.3. The predicted molar refractivity (Wildman–Crippen MR) is 215 cm³/mol. The minimum Gasteiger partial charge on any atom is -0.510 e. The van der Waals surface area contributed by atoms with Gasteiger partial charge in [0.2, 0.25) is 0 Å². The summed E-state index contributed by atoms with van der Waals surface area (Å²) in [5.41, 5.74) is 12.7. The SMILES string of the molecule is Cc1ccc2c(c1)c1cc(C)c(-c3cc(C(C)(C)C)ccn3)[c-]c1n2-c1[c-]c(C2=N[C@H](c3ccccc3)[C@@H](c3ccccc3)O2)cc(C(C)(C)C)c1.[Pt+2]. The van der Waals surface area contributed by atoms with Crippen LogP contribution in [0.15, 0.2) is 120 Å². The predicted octanol–water partition coefficient (Wildman–Crippen LogP) is 11.9. The van der Waals surface area contributed by atoms with Crippen molar-refractivity contribution in [2.75, 3.05) is 0 Å². The molecule has 0 unspecified atom stereocenters. The molecule has 1 aliphatic rings. The Hall–Kier alpha value is -4.79. The van der Waals surface area contributed by atoms with Gasteiger partial charge in [-0.05, 0) is 68.9 Å². The molecular formula is C48H45N3OPt. The van der Waals surface area contributed by atoms with Gasteiger partial charge in [-0.3, -0.25) is 4.99 Å². The monoisotopic (exact) mass is 874 g/mol. The fourth-order valence-electron chi connectivity index (χ4n) is 7.31. The molecule has 53 heavy (non-hydrogen) atoms. The number of aryl methyl sites for hydroxylation is 2. The van der Waals surface area contributed by atoms with Crippen LogP contribution in [-0.4, -0.2) is 15.4 Å². The van der Waals surface area contributed by atoms with Crippen molar-refractivity contribution in [1.82, 2.24) is 9.55 Å². The summed E-state index contributed by atoms with van der Waals surface area (Å²) in [4.78, 5) is 10.2. The van der Waals surface area contributed by atoms with E-state index in [1.165, 1.54) is 22.1 Å². The third kappa shape index (κ3) is 6.90. The average molecular weight is 875 g/mol. The van der Waals surface area contributed by atoms with E-state index in [9.17, 15) is 0 Å². The number of pyridine rings is 1. The molecule has 0 saturated heterocycles. The average Bonchev–Trinajstić information content (AvgIpc) is 3.71. The molecule has 8 rings (SSSR count). The molecule has 0 amide bonds. The smallest absolute Gasteiger partial charge is 0.510 e. The zero-order valence-corrected chi connectivity index (χ0v) is 34.0. The van der Waals surface area contributed by atoms with Crippen LogP contribution in [0.2, 0.25) is 0 Å². The van der Waals surface area contributed by atoms with Crippen LogP contribution in [0.5, 0.6) is 0 Å².